The Kier molecular flexibility index (Phi) is 5.66. The number of rotatable bonds is 6. The number of pyridine rings is 1. The van der Waals surface area contributed by atoms with Crippen LogP contribution in [0.3, 0.4) is 0 Å². The number of hydrogen-bond acceptors (Lipinski definition) is 3. The van der Waals surface area contributed by atoms with Crippen molar-refractivity contribution in [3.63, 3.8) is 0 Å². The summed E-state index contributed by atoms with van der Waals surface area (Å²) in [6, 6.07) is 11.5. The number of carbonyl (C=O) groups excluding carboxylic acids is 1. The van der Waals surface area contributed by atoms with Crippen LogP contribution in [0, 0.1) is 0 Å². The average molecular weight is 340 g/mol. The number of carbonyl (C=O) groups is 1. The van der Waals surface area contributed by atoms with Crippen LogP contribution in [-0.4, -0.2) is 23.6 Å². The van der Waals surface area contributed by atoms with E-state index in [2.05, 4.69) is 29.6 Å². The molecule has 0 aliphatic heterocycles. The van der Waals surface area contributed by atoms with Gasteiger partial charge in [-0.05, 0) is 42.9 Å². The summed E-state index contributed by atoms with van der Waals surface area (Å²) in [7, 11) is 1.66. The molecule has 1 N–H and O–H groups in total. The van der Waals surface area contributed by atoms with Crippen molar-refractivity contribution in [2.75, 3.05) is 13.2 Å². The van der Waals surface area contributed by atoms with Crippen LogP contribution in [0.1, 0.15) is 46.9 Å². The van der Waals surface area contributed by atoms with Gasteiger partial charge in [-0.25, -0.2) is 0 Å². The topological polar surface area (TPSA) is 60.3 Å². The van der Waals surface area contributed by atoms with Gasteiger partial charge in [0, 0.05) is 38.0 Å². The minimum absolute atomic E-state index is 0.165. The van der Waals surface area contributed by atoms with Crippen LogP contribution in [0.25, 0.3) is 0 Å². The largest absolute Gasteiger partial charge is 0.373 e. The fourth-order valence-electron chi connectivity index (χ4n) is 3.17. The third-order valence-corrected chi connectivity index (χ3v) is 4.61. The number of hydrogen-bond donors (Lipinski definition) is 1. The van der Waals surface area contributed by atoms with E-state index < -0.39 is 0 Å². The van der Waals surface area contributed by atoms with E-state index in [1.165, 1.54) is 21.8 Å². The maximum atomic E-state index is 12.0. The molecule has 0 fully saturated rings. The summed E-state index contributed by atoms with van der Waals surface area (Å²) < 4.78 is 7.46. The van der Waals surface area contributed by atoms with Crippen molar-refractivity contribution in [3.05, 3.63) is 69.6 Å². The standard InChI is InChI=1S/C20H24N2O3/c1-22-12-10-16(14-19(22)23)20(24)21-11-5-13-25-18-9-4-7-15-6-2-3-8-17(15)18/h2-3,6,8,10,12,14,18H,4-5,7,9,11,13H2,1H3,(H,21,24). The Morgan fingerprint density at radius 3 is 3.00 bits per heavy atom. The first kappa shape index (κ1) is 17.4. The predicted molar refractivity (Wildman–Crippen MR) is 96.7 cm³/mol. The molecule has 0 saturated heterocycles. The molecule has 3 rings (SSSR count). The van der Waals surface area contributed by atoms with Gasteiger partial charge in [0.1, 0.15) is 0 Å². The predicted octanol–water partition coefficient (Wildman–Crippen LogP) is 2.60. The molecule has 1 aromatic heterocycles. The molecule has 0 radical (unpaired) electrons. The first-order valence-electron chi connectivity index (χ1n) is 8.79. The van der Waals surface area contributed by atoms with Gasteiger partial charge < -0.3 is 14.6 Å². The zero-order valence-corrected chi connectivity index (χ0v) is 14.5. The van der Waals surface area contributed by atoms with Gasteiger partial charge >= 0.3 is 0 Å². The van der Waals surface area contributed by atoms with Crippen molar-refractivity contribution in [2.24, 2.45) is 7.05 Å². The second-order valence-electron chi connectivity index (χ2n) is 6.42. The lowest BCUT2D eigenvalue weighted by atomic mass is 9.89. The average Bonchev–Trinajstić information content (AvgIpc) is 2.63. The van der Waals surface area contributed by atoms with Crippen molar-refractivity contribution < 1.29 is 9.53 Å². The van der Waals surface area contributed by atoms with Crippen LogP contribution in [0.2, 0.25) is 0 Å². The van der Waals surface area contributed by atoms with Gasteiger partial charge in [0.2, 0.25) is 0 Å². The highest BCUT2D eigenvalue weighted by Crippen LogP contribution is 2.32. The van der Waals surface area contributed by atoms with Crippen LogP contribution in [-0.2, 0) is 18.2 Å². The quantitative estimate of drug-likeness (QED) is 0.822. The number of nitrogens with zero attached hydrogens (tertiary/aromatic N) is 1. The molecule has 2 aromatic rings. The van der Waals surface area contributed by atoms with E-state index in [9.17, 15) is 9.59 Å². The number of ether oxygens (including phenoxy) is 1. The van der Waals surface area contributed by atoms with Crippen molar-refractivity contribution >= 4 is 5.91 Å². The first-order chi connectivity index (χ1) is 12.1. The minimum Gasteiger partial charge on any atom is -0.373 e. The summed E-state index contributed by atoms with van der Waals surface area (Å²) >= 11 is 0. The van der Waals surface area contributed by atoms with E-state index in [0.29, 0.717) is 18.7 Å². The number of fused-ring (bicyclic) bond motifs is 1. The lowest BCUT2D eigenvalue weighted by molar-refractivity contribution is 0.0393. The Bertz CT molecular complexity index is 798. The zero-order chi connectivity index (χ0) is 17.6. The normalized spacial score (nSPS) is 16.3. The van der Waals surface area contributed by atoms with Gasteiger partial charge in [-0.3, -0.25) is 9.59 Å². The molecule has 1 heterocycles. The van der Waals surface area contributed by atoms with Gasteiger partial charge in [0.15, 0.2) is 0 Å². The molecule has 5 heteroatoms. The molecule has 1 amide bonds. The molecule has 1 aliphatic rings. The van der Waals surface area contributed by atoms with E-state index in [-0.39, 0.29) is 17.6 Å². The summed E-state index contributed by atoms with van der Waals surface area (Å²) in [6.45, 7) is 1.14. The lowest BCUT2D eigenvalue weighted by Gasteiger charge is -2.25. The maximum absolute atomic E-state index is 12.0. The van der Waals surface area contributed by atoms with Crippen LogP contribution in [0.5, 0.6) is 0 Å². The molecular weight excluding hydrogens is 316 g/mol. The smallest absolute Gasteiger partial charge is 0.251 e. The third-order valence-electron chi connectivity index (χ3n) is 4.61. The monoisotopic (exact) mass is 340 g/mol. The number of aromatic nitrogens is 1. The van der Waals surface area contributed by atoms with Gasteiger partial charge in [0.25, 0.3) is 11.5 Å². The van der Waals surface area contributed by atoms with Crippen LogP contribution in [0.4, 0.5) is 0 Å². The minimum atomic E-state index is -0.222. The van der Waals surface area contributed by atoms with Gasteiger partial charge in [-0.1, -0.05) is 24.3 Å². The molecule has 0 spiro atoms. The van der Waals surface area contributed by atoms with E-state index in [4.69, 9.17) is 4.74 Å². The Morgan fingerprint density at radius 1 is 1.32 bits per heavy atom. The highest BCUT2D eigenvalue weighted by atomic mass is 16.5. The van der Waals surface area contributed by atoms with Crippen molar-refractivity contribution in [3.8, 4) is 0 Å². The summed E-state index contributed by atoms with van der Waals surface area (Å²) in [4.78, 5) is 23.6. The Hall–Kier alpha value is -2.40. The Morgan fingerprint density at radius 2 is 2.16 bits per heavy atom. The summed E-state index contributed by atoms with van der Waals surface area (Å²) in [5, 5.41) is 2.84. The van der Waals surface area contributed by atoms with Crippen molar-refractivity contribution in [1.29, 1.82) is 0 Å². The number of amides is 1. The molecule has 25 heavy (non-hydrogen) atoms. The van der Waals surface area contributed by atoms with Gasteiger partial charge in [-0.15, -0.1) is 0 Å². The van der Waals surface area contributed by atoms with E-state index in [1.54, 1.807) is 19.3 Å². The highest BCUT2D eigenvalue weighted by molar-refractivity contribution is 5.93. The zero-order valence-electron chi connectivity index (χ0n) is 14.5. The van der Waals surface area contributed by atoms with E-state index >= 15 is 0 Å². The molecule has 0 bridgehead atoms. The number of aryl methyl sites for hydroxylation is 2. The highest BCUT2D eigenvalue weighted by Gasteiger charge is 2.19. The molecule has 1 aromatic carbocycles. The molecule has 1 unspecified atom stereocenters. The first-order valence-corrected chi connectivity index (χ1v) is 8.79. The second-order valence-corrected chi connectivity index (χ2v) is 6.42. The van der Waals surface area contributed by atoms with Crippen molar-refractivity contribution in [1.82, 2.24) is 9.88 Å². The van der Waals surface area contributed by atoms with Crippen LogP contribution < -0.4 is 10.9 Å². The molecule has 132 valence electrons. The van der Waals surface area contributed by atoms with E-state index in [0.717, 1.165) is 25.7 Å². The lowest BCUT2D eigenvalue weighted by Crippen LogP contribution is -2.27. The molecule has 5 nitrogen and oxygen atoms in total. The summed E-state index contributed by atoms with van der Waals surface area (Å²) in [5.74, 6) is -0.222. The van der Waals surface area contributed by atoms with Crippen LogP contribution >= 0.6 is 0 Å². The van der Waals surface area contributed by atoms with Gasteiger partial charge in [0.05, 0.1) is 6.10 Å². The molecule has 1 aliphatic carbocycles. The fraction of sp³-hybridized carbons (Fsp3) is 0.400. The number of nitrogens with one attached hydrogen (secondary N) is 1. The Balaban J connectivity index is 1.43. The van der Waals surface area contributed by atoms with E-state index in [1.807, 2.05) is 0 Å². The molecular formula is C20H24N2O3. The Labute approximate surface area is 147 Å². The molecule has 1 atom stereocenters. The van der Waals surface area contributed by atoms with Crippen molar-refractivity contribution in [2.45, 2.75) is 31.8 Å². The summed E-state index contributed by atoms with van der Waals surface area (Å²) in [6.07, 6.45) is 5.84. The second kappa shape index (κ2) is 8.12. The number of benzene rings is 1. The van der Waals surface area contributed by atoms with Gasteiger partial charge in [-0.2, -0.15) is 0 Å². The molecule has 0 saturated carbocycles. The summed E-state index contributed by atoms with van der Waals surface area (Å²) in [5.41, 5.74) is 2.90. The maximum Gasteiger partial charge on any atom is 0.251 e. The third kappa shape index (κ3) is 4.37. The SMILES string of the molecule is Cn1ccc(C(=O)NCCCOC2CCCc3ccccc32)cc1=O. The fourth-order valence-corrected chi connectivity index (χ4v) is 3.17. The van der Waals surface area contributed by atoms with Crippen LogP contribution in [0.15, 0.2) is 47.4 Å².